The Bertz CT molecular complexity index is 2650. The monoisotopic (exact) mass is 988 g/mol. The van der Waals surface area contributed by atoms with Gasteiger partial charge >= 0.3 is 71.1 Å². The molecule has 6 rings (SSSR count). The molecule has 0 aliphatic rings. The fourth-order valence-corrected chi connectivity index (χ4v) is 7.34. The second-order valence-corrected chi connectivity index (χ2v) is 14.7. The minimum Gasteiger partial charge on any atom is -1.00 e. The first-order chi connectivity index (χ1) is 27.4. The number of carbonyl (C=O) groups excluding carboxylic acids is 2. The number of aromatic nitrogens is 4. The average Bonchev–Trinajstić information content (AvgIpc) is 3.16. The molecule has 4 aromatic heterocycles. The summed E-state index contributed by atoms with van der Waals surface area (Å²) in [6.45, 7) is 3.37. The van der Waals surface area contributed by atoms with E-state index in [4.69, 9.17) is 65.9 Å². The van der Waals surface area contributed by atoms with Crippen LogP contribution in [0, 0.1) is 0 Å². The molecule has 60 heavy (non-hydrogen) atoms. The Morgan fingerprint density at radius 2 is 1.23 bits per heavy atom. The number of hydrogen-bond donors (Lipinski definition) is 1. The summed E-state index contributed by atoms with van der Waals surface area (Å²) in [5, 5.41) is 20.5. The molecule has 0 spiro atoms. The van der Waals surface area contributed by atoms with Gasteiger partial charge in [0.05, 0.1) is 61.5 Å². The van der Waals surface area contributed by atoms with E-state index in [0.717, 1.165) is 0 Å². The molecule has 0 radical (unpaired) electrons. The molecule has 2 aromatic carbocycles. The Labute approximate surface area is 416 Å². The molecule has 0 bridgehead atoms. The van der Waals surface area contributed by atoms with Crippen molar-refractivity contribution < 1.29 is 99.6 Å². The smallest absolute Gasteiger partial charge is 1.00 e. The summed E-state index contributed by atoms with van der Waals surface area (Å²) >= 11 is 28.4. The number of ether oxygens (including phenoxy) is 2. The zero-order chi connectivity index (χ0) is 43.2. The molecule has 23 heteroatoms. The number of hydrogen-bond acceptors (Lipinski definition) is 13. The molecule has 16 nitrogen and oxygen atoms in total. The van der Waals surface area contributed by atoms with E-state index in [-0.39, 0.29) is 113 Å². The van der Waals surface area contributed by atoms with Crippen LogP contribution in [0.5, 0.6) is 5.88 Å². The molecule has 0 saturated carbocycles. The molecule has 310 valence electrons. The normalized spacial score (nSPS) is 10.4. The van der Waals surface area contributed by atoms with Gasteiger partial charge < -0.3 is 45.1 Å². The van der Waals surface area contributed by atoms with Gasteiger partial charge in [-0.15, -0.1) is 0 Å². The summed E-state index contributed by atoms with van der Waals surface area (Å²) in [6.07, 6.45) is 0. The zero-order valence-corrected chi connectivity index (χ0v) is 42.2. The Balaban J connectivity index is 0.000000536. The van der Waals surface area contributed by atoms with E-state index < -0.39 is 18.5 Å². The van der Waals surface area contributed by atoms with Gasteiger partial charge in [0.1, 0.15) is 34.0 Å². The zero-order valence-electron chi connectivity index (χ0n) is 34.6. The minimum absolute atomic E-state index is 0. The van der Waals surface area contributed by atoms with E-state index in [2.05, 4.69) is 30.8 Å². The molecule has 0 unspecified atom stereocenters. The first kappa shape index (κ1) is 53.2. The van der Waals surface area contributed by atoms with E-state index in [1.165, 1.54) is 10.6 Å². The summed E-state index contributed by atoms with van der Waals surface area (Å²) in [7, 11) is 7.16. The van der Waals surface area contributed by atoms with Crippen molar-refractivity contribution in [1.29, 1.82) is 0 Å². The van der Waals surface area contributed by atoms with Crippen molar-refractivity contribution in [3.8, 4) is 5.88 Å². The largest absolute Gasteiger partial charge is 1.00 e. The summed E-state index contributed by atoms with van der Waals surface area (Å²) < 4.78 is 14.0. The second kappa shape index (κ2) is 23.5. The van der Waals surface area contributed by atoms with Crippen molar-refractivity contribution in [2.45, 2.75) is 26.9 Å². The van der Waals surface area contributed by atoms with Crippen molar-refractivity contribution in [2.75, 3.05) is 51.2 Å². The second-order valence-electron chi connectivity index (χ2n) is 12.3. The quantitative estimate of drug-likeness (QED) is 0.0372. The standard InChI is InChI=1S/C18H16BrCl2N3O3.C18H17Cl2N3O4.CH2O3.2Na.H/c1-4-27-13(25)8-24-14-9(5-6-11(20)15(14)23(2)3)16(26)10-7-12(21)17(19)22-18(10)24;1-4-27-18-12(20)7-10-16(26)9-5-6-11(19)15(22(2)3)14(9)23(8-13(24)25)17(10)21-18;2-1-4-3;;;/h5-7H,4,8H2,1-3H3;5-7H,4,8H2,1-3H3,(H,24,25);1,3H;;;/q;;;2*+1;-1/p-1. The first-order valence-electron chi connectivity index (χ1n) is 16.9. The number of pyridine rings is 4. The molecule has 0 aliphatic heterocycles. The fraction of sp³-hybridized carbons (Fsp3) is 0.270. The fourth-order valence-electron chi connectivity index (χ4n) is 6.06. The molecule has 0 fully saturated rings. The van der Waals surface area contributed by atoms with Crippen LogP contribution in [0.1, 0.15) is 15.3 Å². The third-order valence-electron chi connectivity index (χ3n) is 8.17. The van der Waals surface area contributed by atoms with Crippen LogP contribution in [0.4, 0.5) is 11.4 Å². The number of esters is 1. The van der Waals surface area contributed by atoms with Gasteiger partial charge in [-0.25, -0.2) is 4.98 Å². The van der Waals surface area contributed by atoms with Gasteiger partial charge in [0, 0.05) is 39.0 Å². The Kier molecular flexibility index (Phi) is 20.9. The van der Waals surface area contributed by atoms with Crippen LogP contribution < -0.4 is 89.8 Å². The van der Waals surface area contributed by atoms with Crippen molar-refractivity contribution in [1.82, 2.24) is 19.1 Å². The van der Waals surface area contributed by atoms with Crippen LogP contribution in [0.15, 0.2) is 50.6 Å². The number of nitrogens with zero attached hydrogens (tertiary/aromatic N) is 6. The van der Waals surface area contributed by atoms with E-state index in [9.17, 15) is 24.3 Å². The van der Waals surface area contributed by atoms with Crippen molar-refractivity contribution in [3.05, 3.63) is 81.5 Å². The van der Waals surface area contributed by atoms with E-state index in [1.54, 1.807) is 72.6 Å². The molecule has 0 atom stereocenters. The summed E-state index contributed by atoms with van der Waals surface area (Å²) in [5.74, 6) is -1.39. The van der Waals surface area contributed by atoms with Crippen LogP contribution in [0.25, 0.3) is 43.9 Å². The van der Waals surface area contributed by atoms with Crippen molar-refractivity contribution >= 4 is 136 Å². The van der Waals surface area contributed by atoms with Gasteiger partial charge in [-0.2, -0.15) is 4.98 Å². The van der Waals surface area contributed by atoms with Crippen LogP contribution in [0.3, 0.4) is 0 Å². The van der Waals surface area contributed by atoms with Crippen molar-refractivity contribution in [2.24, 2.45) is 0 Å². The van der Waals surface area contributed by atoms with E-state index >= 15 is 0 Å². The Morgan fingerprint density at radius 1 is 0.783 bits per heavy atom. The van der Waals surface area contributed by atoms with Gasteiger partial charge in [-0.05, 0) is 66.2 Å². The summed E-state index contributed by atoms with van der Waals surface area (Å²) in [6, 6.07) is 9.50. The average molecular weight is 991 g/mol. The molecular formula is C37H35BrCl4N6Na2O10. The number of aliphatic carboxylic acids is 1. The molecule has 6 aromatic rings. The summed E-state index contributed by atoms with van der Waals surface area (Å²) in [5.41, 5.74) is 2.01. The van der Waals surface area contributed by atoms with Gasteiger partial charge in [0.2, 0.25) is 5.88 Å². The Morgan fingerprint density at radius 3 is 1.65 bits per heavy atom. The number of fused-ring (bicyclic) bond motifs is 4. The third kappa shape index (κ3) is 11.6. The minimum atomic E-state index is -1.08. The number of carboxylic acid groups (broad SMARTS) is 1. The van der Waals surface area contributed by atoms with Crippen LogP contribution in [-0.4, -0.2) is 84.0 Å². The van der Waals surface area contributed by atoms with Crippen LogP contribution in [0.2, 0.25) is 20.1 Å². The van der Waals surface area contributed by atoms with Crippen molar-refractivity contribution in [3.63, 3.8) is 0 Å². The van der Waals surface area contributed by atoms with Gasteiger partial charge in [0.25, 0.3) is 6.47 Å². The number of carboxylic acids is 1. The SMILES string of the molecule is CCOC(=O)Cn1c2nc(Br)c(Cl)cc2c(=O)c2ccc(Cl)c(N(C)C)c21.CCOc1nc2c(cc1Cl)c(=O)c1ccc(Cl)c(N(C)C)c1n2CC(=O)O.O=CO[O-].[H-].[Na+].[Na+]. The maximum atomic E-state index is 13.1. The first-order valence-corrected chi connectivity index (χ1v) is 19.2. The van der Waals surface area contributed by atoms with Crippen LogP contribution in [-0.2, 0) is 37.1 Å². The molecular weight excluding hydrogens is 956 g/mol. The number of carbonyl (C=O) groups is 3. The number of benzene rings is 2. The third-order valence-corrected chi connectivity index (χ3v) is 10.2. The number of anilines is 2. The molecule has 0 amide bonds. The maximum absolute atomic E-state index is 13.1. The van der Waals surface area contributed by atoms with Gasteiger partial charge in [0.15, 0.2) is 10.9 Å². The predicted molar refractivity (Wildman–Crippen MR) is 227 cm³/mol. The number of halogens is 5. The van der Waals surface area contributed by atoms with Gasteiger partial charge in [-0.1, -0.05) is 46.4 Å². The maximum Gasteiger partial charge on any atom is 1.00 e. The van der Waals surface area contributed by atoms with Crippen LogP contribution >= 0.6 is 62.3 Å². The molecule has 1 N–H and O–H groups in total. The van der Waals surface area contributed by atoms with Gasteiger partial charge in [-0.3, -0.25) is 24.0 Å². The molecule has 0 aliphatic carbocycles. The molecule has 0 saturated heterocycles. The van der Waals surface area contributed by atoms with E-state index in [0.29, 0.717) is 70.5 Å². The summed E-state index contributed by atoms with van der Waals surface area (Å²) in [4.78, 5) is 73.5. The Hall–Kier alpha value is -2.91. The van der Waals surface area contributed by atoms with E-state index in [1.807, 2.05) is 14.1 Å². The topological polar surface area (TPSA) is 198 Å². The molecule has 4 heterocycles. The predicted octanol–water partition coefficient (Wildman–Crippen LogP) is 0.209. The number of rotatable bonds is 10.